The minimum absolute atomic E-state index is 0.0160. The second-order valence-corrected chi connectivity index (χ2v) is 8.80. The number of carbonyl (C=O) groups is 3. The van der Waals surface area contributed by atoms with Crippen LogP contribution in [0.1, 0.15) is 47.8 Å². The highest BCUT2D eigenvalue weighted by molar-refractivity contribution is 5.92. The zero-order valence-corrected chi connectivity index (χ0v) is 18.9. The van der Waals surface area contributed by atoms with E-state index in [2.05, 4.69) is 27.8 Å². The number of benzene rings is 2. The Balaban J connectivity index is 1.33. The Kier molecular flexibility index (Phi) is 6.32. The number of pyridine rings is 1. The number of aromatic carboxylic acids is 1. The number of ether oxygens (including phenoxy) is 1. The maximum absolute atomic E-state index is 12.5. The van der Waals surface area contributed by atoms with Gasteiger partial charge in [-0.1, -0.05) is 48.5 Å². The number of carboxylic acids is 1. The Morgan fingerprint density at radius 3 is 2.15 bits per heavy atom. The molecule has 0 aliphatic heterocycles. The van der Waals surface area contributed by atoms with Crippen molar-refractivity contribution in [3.05, 3.63) is 83.7 Å². The van der Waals surface area contributed by atoms with Crippen molar-refractivity contribution in [2.75, 3.05) is 11.9 Å². The van der Waals surface area contributed by atoms with Gasteiger partial charge >= 0.3 is 12.1 Å². The predicted octanol–water partition coefficient (Wildman–Crippen LogP) is 4.43. The van der Waals surface area contributed by atoms with E-state index in [1.807, 2.05) is 36.4 Å². The van der Waals surface area contributed by atoms with E-state index in [9.17, 15) is 14.4 Å². The van der Waals surface area contributed by atoms with E-state index in [4.69, 9.17) is 9.84 Å². The molecule has 3 N–H and O–H groups in total. The number of carboxylic acid groups (broad SMARTS) is 1. The molecule has 0 unspecified atom stereocenters. The highest BCUT2D eigenvalue weighted by Crippen LogP contribution is 2.44. The highest BCUT2D eigenvalue weighted by atomic mass is 16.5. The smallest absolute Gasteiger partial charge is 0.407 e. The Hall–Kier alpha value is -4.20. The summed E-state index contributed by atoms with van der Waals surface area (Å²) in [6.07, 6.45) is 0.651. The first kappa shape index (κ1) is 23.0. The van der Waals surface area contributed by atoms with Gasteiger partial charge in [0.15, 0.2) is 0 Å². The zero-order chi connectivity index (χ0) is 24.3. The Morgan fingerprint density at radius 1 is 0.971 bits per heavy atom. The molecule has 34 heavy (non-hydrogen) atoms. The van der Waals surface area contributed by atoms with Gasteiger partial charge in [0.05, 0.1) is 11.9 Å². The van der Waals surface area contributed by atoms with Crippen LogP contribution in [0.4, 0.5) is 10.5 Å². The van der Waals surface area contributed by atoms with Crippen molar-refractivity contribution in [2.45, 2.75) is 31.7 Å². The van der Waals surface area contributed by atoms with Crippen LogP contribution in [0.2, 0.25) is 0 Å². The summed E-state index contributed by atoms with van der Waals surface area (Å²) in [4.78, 5) is 39.6. The molecule has 0 bridgehead atoms. The summed E-state index contributed by atoms with van der Waals surface area (Å²) in [5, 5.41) is 14.3. The number of hydrogen-bond acceptors (Lipinski definition) is 5. The lowest BCUT2D eigenvalue weighted by atomic mass is 9.98. The first-order valence-electron chi connectivity index (χ1n) is 10.9. The van der Waals surface area contributed by atoms with Gasteiger partial charge < -0.3 is 20.5 Å². The summed E-state index contributed by atoms with van der Waals surface area (Å²) >= 11 is 0. The quantitative estimate of drug-likeness (QED) is 0.481. The fourth-order valence-corrected chi connectivity index (χ4v) is 4.16. The third kappa shape index (κ3) is 5.06. The van der Waals surface area contributed by atoms with Crippen molar-refractivity contribution in [2.24, 2.45) is 0 Å². The topological polar surface area (TPSA) is 118 Å². The van der Waals surface area contributed by atoms with Gasteiger partial charge in [0.2, 0.25) is 5.91 Å². The molecule has 3 aromatic rings. The fourth-order valence-electron chi connectivity index (χ4n) is 4.16. The molecule has 1 aromatic heterocycles. The number of amides is 2. The molecule has 2 aromatic carbocycles. The van der Waals surface area contributed by atoms with Crippen molar-refractivity contribution >= 4 is 23.7 Å². The summed E-state index contributed by atoms with van der Waals surface area (Å²) in [5.74, 6) is -1.55. The van der Waals surface area contributed by atoms with Gasteiger partial charge in [-0.25, -0.2) is 14.6 Å². The summed E-state index contributed by atoms with van der Waals surface area (Å²) in [7, 11) is 0. The SMILES string of the molecule is CC(C)(CC(=O)Nc1ccc(C(=O)O)nc1)NC(=O)OCC1c2ccccc2-c2ccccc21. The molecule has 4 rings (SSSR count). The van der Waals surface area contributed by atoms with E-state index in [1.165, 1.54) is 18.3 Å². The number of anilines is 1. The van der Waals surface area contributed by atoms with Gasteiger partial charge in [0.25, 0.3) is 0 Å². The fraction of sp³-hybridized carbons (Fsp3) is 0.231. The summed E-state index contributed by atoms with van der Waals surface area (Å²) < 4.78 is 5.56. The summed E-state index contributed by atoms with van der Waals surface area (Å²) in [5.41, 5.74) is 3.92. The largest absolute Gasteiger partial charge is 0.477 e. The molecular formula is C26H25N3O5. The van der Waals surface area contributed by atoms with Crippen molar-refractivity contribution in [1.82, 2.24) is 10.3 Å². The highest BCUT2D eigenvalue weighted by Gasteiger charge is 2.30. The van der Waals surface area contributed by atoms with Crippen LogP contribution in [0.5, 0.6) is 0 Å². The molecule has 1 aliphatic carbocycles. The molecule has 8 heteroatoms. The standard InChI is InChI=1S/C26H25N3O5/c1-26(2,13-23(30)28-16-11-12-22(24(31)32)27-14-16)29-25(33)34-15-21-19-9-5-3-7-17(19)18-8-4-6-10-20(18)21/h3-12,14,21H,13,15H2,1-2H3,(H,28,30)(H,29,33)(H,31,32). The van der Waals surface area contributed by atoms with E-state index < -0.39 is 17.6 Å². The monoisotopic (exact) mass is 459 g/mol. The average molecular weight is 460 g/mol. The zero-order valence-electron chi connectivity index (χ0n) is 18.9. The number of hydrogen-bond donors (Lipinski definition) is 3. The van der Waals surface area contributed by atoms with E-state index in [-0.39, 0.29) is 30.5 Å². The van der Waals surface area contributed by atoms with Gasteiger partial charge in [-0.05, 0) is 48.2 Å². The Bertz CT molecular complexity index is 1190. The molecule has 0 atom stereocenters. The second-order valence-electron chi connectivity index (χ2n) is 8.80. The van der Waals surface area contributed by atoms with E-state index in [1.54, 1.807) is 13.8 Å². The molecule has 0 spiro atoms. The molecule has 1 aliphatic rings. The second kappa shape index (κ2) is 9.35. The molecule has 0 radical (unpaired) electrons. The van der Waals surface area contributed by atoms with Gasteiger partial charge in [0.1, 0.15) is 12.3 Å². The first-order valence-corrected chi connectivity index (χ1v) is 10.9. The minimum Gasteiger partial charge on any atom is -0.477 e. The summed E-state index contributed by atoms with van der Waals surface area (Å²) in [6, 6.07) is 18.9. The number of alkyl carbamates (subject to hydrolysis) is 1. The lowest BCUT2D eigenvalue weighted by Crippen LogP contribution is -2.46. The van der Waals surface area contributed by atoms with Crippen LogP contribution in [0.3, 0.4) is 0 Å². The van der Waals surface area contributed by atoms with Crippen LogP contribution >= 0.6 is 0 Å². The van der Waals surface area contributed by atoms with Gasteiger partial charge in [-0.15, -0.1) is 0 Å². The molecule has 0 fully saturated rings. The maximum atomic E-state index is 12.5. The third-order valence-electron chi connectivity index (χ3n) is 5.65. The predicted molar refractivity (Wildman–Crippen MR) is 127 cm³/mol. The minimum atomic E-state index is -1.15. The molecule has 2 amide bonds. The van der Waals surface area contributed by atoms with Gasteiger partial charge in [0, 0.05) is 17.9 Å². The number of carbonyl (C=O) groups excluding carboxylic acids is 2. The number of aromatic nitrogens is 1. The van der Waals surface area contributed by atoms with Crippen LogP contribution in [0, 0.1) is 0 Å². The molecule has 1 heterocycles. The normalized spacial score (nSPS) is 12.4. The number of fused-ring (bicyclic) bond motifs is 3. The average Bonchev–Trinajstić information content (AvgIpc) is 3.11. The first-order chi connectivity index (χ1) is 16.2. The van der Waals surface area contributed by atoms with Gasteiger partial charge in [-0.3, -0.25) is 4.79 Å². The van der Waals surface area contributed by atoms with Crippen LogP contribution in [0.15, 0.2) is 66.9 Å². The van der Waals surface area contributed by atoms with Crippen molar-refractivity contribution < 1.29 is 24.2 Å². The summed E-state index contributed by atoms with van der Waals surface area (Å²) in [6.45, 7) is 3.63. The Morgan fingerprint density at radius 2 is 1.59 bits per heavy atom. The van der Waals surface area contributed by atoms with Crippen LogP contribution in [-0.2, 0) is 9.53 Å². The molecule has 174 valence electrons. The van der Waals surface area contributed by atoms with Crippen molar-refractivity contribution in [3.63, 3.8) is 0 Å². The van der Waals surface area contributed by atoms with Crippen molar-refractivity contribution in [3.8, 4) is 11.1 Å². The van der Waals surface area contributed by atoms with E-state index in [0.29, 0.717) is 5.69 Å². The molecule has 0 saturated carbocycles. The lowest BCUT2D eigenvalue weighted by molar-refractivity contribution is -0.117. The van der Waals surface area contributed by atoms with Crippen molar-refractivity contribution in [1.29, 1.82) is 0 Å². The lowest BCUT2D eigenvalue weighted by Gasteiger charge is -2.25. The molecular weight excluding hydrogens is 434 g/mol. The number of nitrogens with one attached hydrogen (secondary N) is 2. The molecule has 8 nitrogen and oxygen atoms in total. The Labute approximate surface area is 197 Å². The maximum Gasteiger partial charge on any atom is 0.407 e. The van der Waals surface area contributed by atoms with Crippen LogP contribution < -0.4 is 10.6 Å². The molecule has 0 saturated heterocycles. The number of rotatable bonds is 7. The van der Waals surface area contributed by atoms with Crippen LogP contribution in [0.25, 0.3) is 11.1 Å². The van der Waals surface area contributed by atoms with E-state index in [0.717, 1.165) is 22.3 Å². The van der Waals surface area contributed by atoms with E-state index >= 15 is 0 Å². The van der Waals surface area contributed by atoms with Gasteiger partial charge in [-0.2, -0.15) is 0 Å². The van der Waals surface area contributed by atoms with Crippen LogP contribution in [-0.4, -0.2) is 40.2 Å². The third-order valence-corrected chi connectivity index (χ3v) is 5.65. The number of nitrogens with zero attached hydrogens (tertiary/aromatic N) is 1.